The summed E-state index contributed by atoms with van der Waals surface area (Å²) in [7, 11) is 0. The molecule has 0 aromatic heterocycles. The van der Waals surface area contributed by atoms with E-state index in [0.29, 0.717) is 18.9 Å². The fraction of sp³-hybridized carbons (Fsp3) is 0.517. The zero-order valence-electron chi connectivity index (χ0n) is 21.2. The van der Waals surface area contributed by atoms with Crippen molar-refractivity contribution in [3.8, 4) is 5.75 Å². The molecule has 0 unspecified atom stereocenters. The lowest BCUT2D eigenvalue weighted by molar-refractivity contribution is -0.143. The van der Waals surface area contributed by atoms with Crippen molar-refractivity contribution in [1.82, 2.24) is 10.2 Å². The van der Waals surface area contributed by atoms with Crippen molar-refractivity contribution in [2.24, 2.45) is 0 Å². The molecule has 1 N–H and O–H groups in total. The number of carbonyl (C=O) groups is 2. The SMILES string of the molecule is CC[C@H](C(=O)NC1CCCCC1)N(Cc1ccccc1C)C(=O)COc1ccccc1C(C)C. The van der Waals surface area contributed by atoms with E-state index >= 15 is 0 Å². The number of ether oxygens (including phenoxy) is 1. The van der Waals surface area contributed by atoms with Crippen molar-refractivity contribution < 1.29 is 14.3 Å². The van der Waals surface area contributed by atoms with Gasteiger partial charge in [0, 0.05) is 12.6 Å². The standard InChI is InChI=1S/C29H40N2O3/c1-5-26(29(33)30-24-15-7-6-8-16-24)31(19-23-14-10-9-13-22(23)4)28(32)20-34-27-18-12-11-17-25(27)21(2)3/h9-14,17-18,21,24,26H,5-8,15-16,19-20H2,1-4H3,(H,30,33)/t26-/m1/s1. The van der Waals surface area contributed by atoms with Gasteiger partial charge in [-0.2, -0.15) is 0 Å². The van der Waals surface area contributed by atoms with Gasteiger partial charge in [-0.1, -0.05) is 82.5 Å². The van der Waals surface area contributed by atoms with Crippen LogP contribution in [0.15, 0.2) is 48.5 Å². The average molecular weight is 465 g/mol. The molecule has 0 bridgehead atoms. The van der Waals surface area contributed by atoms with Crippen LogP contribution in [0.2, 0.25) is 0 Å². The van der Waals surface area contributed by atoms with Crippen molar-refractivity contribution in [1.29, 1.82) is 0 Å². The van der Waals surface area contributed by atoms with E-state index < -0.39 is 6.04 Å². The third kappa shape index (κ3) is 6.85. The van der Waals surface area contributed by atoms with Gasteiger partial charge in [-0.15, -0.1) is 0 Å². The molecule has 2 aromatic carbocycles. The maximum absolute atomic E-state index is 13.5. The number of benzene rings is 2. The highest BCUT2D eigenvalue weighted by Crippen LogP contribution is 2.26. The molecule has 5 heteroatoms. The molecule has 0 heterocycles. The average Bonchev–Trinajstić information content (AvgIpc) is 2.84. The van der Waals surface area contributed by atoms with Crippen LogP contribution in [0.4, 0.5) is 0 Å². The normalized spacial score (nSPS) is 15.1. The minimum atomic E-state index is -0.530. The van der Waals surface area contributed by atoms with Gasteiger partial charge in [0.1, 0.15) is 11.8 Å². The van der Waals surface area contributed by atoms with E-state index in [9.17, 15) is 9.59 Å². The second-order valence-electron chi connectivity index (χ2n) is 9.70. The van der Waals surface area contributed by atoms with Gasteiger partial charge in [-0.05, 0) is 54.9 Å². The van der Waals surface area contributed by atoms with Crippen molar-refractivity contribution in [3.63, 3.8) is 0 Å². The van der Waals surface area contributed by atoms with Crippen LogP contribution < -0.4 is 10.1 Å². The Hall–Kier alpha value is -2.82. The summed E-state index contributed by atoms with van der Waals surface area (Å²) < 4.78 is 6.01. The Balaban J connectivity index is 1.79. The molecule has 1 fully saturated rings. The summed E-state index contributed by atoms with van der Waals surface area (Å²) in [4.78, 5) is 28.6. The van der Waals surface area contributed by atoms with Crippen molar-refractivity contribution >= 4 is 11.8 Å². The maximum atomic E-state index is 13.5. The Morgan fingerprint density at radius 1 is 1.03 bits per heavy atom. The molecule has 3 rings (SSSR count). The first-order valence-electron chi connectivity index (χ1n) is 12.8. The Morgan fingerprint density at radius 3 is 2.38 bits per heavy atom. The highest BCUT2D eigenvalue weighted by Gasteiger charge is 2.31. The van der Waals surface area contributed by atoms with Gasteiger partial charge >= 0.3 is 0 Å². The molecule has 1 aliphatic rings. The largest absolute Gasteiger partial charge is 0.483 e. The van der Waals surface area contributed by atoms with Crippen LogP contribution in [0.3, 0.4) is 0 Å². The van der Waals surface area contributed by atoms with Crippen LogP contribution in [0.1, 0.15) is 81.9 Å². The van der Waals surface area contributed by atoms with Gasteiger partial charge in [-0.25, -0.2) is 0 Å². The molecule has 2 amide bonds. The zero-order valence-corrected chi connectivity index (χ0v) is 21.2. The van der Waals surface area contributed by atoms with Crippen molar-refractivity contribution in [3.05, 3.63) is 65.2 Å². The minimum absolute atomic E-state index is 0.0566. The van der Waals surface area contributed by atoms with E-state index in [-0.39, 0.29) is 24.5 Å². The predicted molar refractivity (Wildman–Crippen MR) is 137 cm³/mol. The van der Waals surface area contributed by atoms with E-state index in [4.69, 9.17) is 4.74 Å². The van der Waals surface area contributed by atoms with E-state index in [0.717, 1.165) is 48.1 Å². The number of hydrogen-bond acceptors (Lipinski definition) is 3. The molecule has 34 heavy (non-hydrogen) atoms. The molecule has 1 aliphatic carbocycles. The monoisotopic (exact) mass is 464 g/mol. The van der Waals surface area contributed by atoms with Gasteiger partial charge in [0.15, 0.2) is 6.61 Å². The number of amides is 2. The lowest BCUT2D eigenvalue weighted by atomic mass is 9.95. The number of aryl methyl sites for hydroxylation is 1. The second-order valence-corrected chi connectivity index (χ2v) is 9.70. The predicted octanol–water partition coefficient (Wildman–Crippen LogP) is 5.75. The zero-order chi connectivity index (χ0) is 24.5. The van der Waals surface area contributed by atoms with Crippen LogP contribution in [0.25, 0.3) is 0 Å². The molecule has 5 nitrogen and oxygen atoms in total. The maximum Gasteiger partial charge on any atom is 0.261 e. The summed E-state index contributed by atoms with van der Waals surface area (Å²) in [5, 5.41) is 3.23. The summed E-state index contributed by atoms with van der Waals surface area (Å²) >= 11 is 0. The minimum Gasteiger partial charge on any atom is -0.483 e. The van der Waals surface area contributed by atoms with E-state index in [1.807, 2.05) is 62.4 Å². The first kappa shape index (κ1) is 25.8. The number of hydrogen-bond donors (Lipinski definition) is 1. The Kier molecular flexibility index (Phi) is 9.55. The van der Waals surface area contributed by atoms with Gasteiger partial charge < -0.3 is 15.0 Å². The first-order valence-corrected chi connectivity index (χ1v) is 12.8. The fourth-order valence-corrected chi connectivity index (χ4v) is 4.75. The molecular formula is C29H40N2O3. The number of nitrogens with one attached hydrogen (secondary N) is 1. The smallest absolute Gasteiger partial charge is 0.261 e. The molecule has 2 aromatic rings. The second kappa shape index (κ2) is 12.6. The Bertz CT molecular complexity index is 950. The van der Waals surface area contributed by atoms with Crippen LogP contribution in [0, 0.1) is 6.92 Å². The third-order valence-corrected chi connectivity index (χ3v) is 6.83. The molecule has 0 radical (unpaired) electrons. The lowest BCUT2D eigenvalue weighted by Crippen LogP contribution is -2.52. The third-order valence-electron chi connectivity index (χ3n) is 6.83. The molecule has 1 saturated carbocycles. The van der Waals surface area contributed by atoms with Crippen molar-refractivity contribution in [2.45, 2.75) is 90.8 Å². The molecule has 0 saturated heterocycles. The van der Waals surface area contributed by atoms with Gasteiger partial charge in [0.2, 0.25) is 5.91 Å². The molecule has 0 spiro atoms. The summed E-state index contributed by atoms with van der Waals surface area (Å²) in [5.74, 6) is 0.784. The molecule has 0 aliphatic heterocycles. The van der Waals surface area contributed by atoms with E-state index in [1.54, 1.807) is 4.90 Å². The Labute approximate surface area is 204 Å². The lowest BCUT2D eigenvalue weighted by Gasteiger charge is -2.33. The number of para-hydroxylation sites is 1. The van der Waals surface area contributed by atoms with Crippen LogP contribution in [0.5, 0.6) is 5.75 Å². The van der Waals surface area contributed by atoms with Crippen LogP contribution in [-0.2, 0) is 16.1 Å². The summed E-state index contributed by atoms with van der Waals surface area (Å²) in [6.07, 6.45) is 6.12. The van der Waals surface area contributed by atoms with Crippen LogP contribution >= 0.6 is 0 Å². The summed E-state index contributed by atoms with van der Waals surface area (Å²) in [6, 6.07) is 15.5. The number of rotatable bonds is 10. The summed E-state index contributed by atoms with van der Waals surface area (Å²) in [6.45, 7) is 8.52. The van der Waals surface area contributed by atoms with E-state index in [1.165, 1.54) is 6.42 Å². The molecule has 184 valence electrons. The molecular weight excluding hydrogens is 424 g/mol. The van der Waals surface area contributed by atoms with Crippen LogP contribution in [-0.4, -0.2) is 35.4 Å². The highest BCUT2D eigenvalue weighted by molar-refractivity contribution is 5.88. The molecule has 1 atom stereocenters. The van der Waals surface area contributed by atoms with Crippen molar-refractivity contribution in [2.75, 3.05) is 6.61 Å². The highest BCUT2D eigenvalue weighted by atomic mass is 16.5. The van der Waals surface area contributed by atoms with E-state index in [2.05, 4.69) is 19.2 Å². The van der Waals surface area contributed by atoms with Gasteiger partial charge in [-0.3, -0.25) is 9.59 Å². The summed E-state index contributed by atoms with van der Waals surface area (Å²) in [5.41, 5.74) is 3.22. The topological polar surface area (TPSA) is 58.6 Å². The fourth-order valence-electron chi connectivity index (χ4n) is 4.75. The number of nitrogens with zero attached hydrogens (tertiary/aromatic N) is 1. The first-order chi connectivity index (χ1) is 16.4. The van der Waals surface area contributed by atoms with Gasteiger partial charge in [0.25, 0.3) is 5.91 Å². The Morgan fingerprint density at radius 2 is 1.71 bits per heavy atom. The quantitative estimate of drug-likeness (QED) is 0.487. The number of carbonyl (C=O) groups excluding carboxylic acids is 2. The van der Waals surface area contributed by atoms with Gasteiger partial charge in [0.05, 0.1) is 0 Å².